The van der Waals surface area contributed by atoms with Crippen molar-refractivity contribution in [1.29, 1.82) is 0 Å². The molecule has 1 rings (SSSR count). The average molecular weight is 888 g/mol. The molecule has 0 aromatic carbocycles. The van der Waals surface area contributed by atoms with Gasteiger partial charge in [0.15, 0.2) is 0 Å². The van der Waals surface area contributed by atoms with Crippen LogP contribution < -0.4 is 64.0 Å². The topological polar surface area (TPSA) is 437 Å². The van der Waals surface area contributed by atoms with Gasteiger partial charge in [-0.05, 0) is 0 Å². The van der Waals surface area contributed by atoms with Crippen molar-refractivity contribution in [2.24, 2.45) is 0 Å². The molecule has 0 amide bonds. The van der Waals surface area contributed by atoms with Crippen LogP contribution in [-0.4, -0.2) is 62.5 Å². The van der Waals surface area contributed by atoms with Crippen molar-refractivity contribution in [2.45, 2.75) is 24.4 Å². The molecule has 4 atom stereocenters. The van der Waals surface area contributed by atoms with Gasteiger partial charge in [-0.15, -0.1) is 0 Å². The predicted molar refractivity (Wildman–Crippen MR) is 88.3 cm³/mol. The molecule has 0 aromatic heterocycles. The Morgan fingerprint density at radius 2 is 0.756 bits per heavy atom. The third-order valence-electron chi connectivity index (χ3n) is 2.70. The molecule has 0 aromatic rings. The molecule has 0 radical (unpaired) electrons. The summed E-state index contributed by atoms with van der Waals surface area (Å²) in [6, 6.07) is 0. The molecule has 41 heavy (non-hydrogen) atoms. The van der Waals surface area contributed by atoms with E-state index in [1.54, 1.807) is 0 Å². The molecular weight excluding hydrogens is 877 g/mol. The Balaban J connectivity index is -0.000000221. The number of rotatable bonds is 5. The summed E-state index contributed by atoms with van der Waals surface area (Å²) in [7, 11) is -39.3. The maximum Gasteiger partial charge on any atom is 2.00 e. The van der Waals surface area contributed by atoms with Gasteiger partial charge in [0.1, 0.15) is 24.4 Å². The zero-order valence-electron chi connectivity index (χ0n) is 19.7. The Hall–Kier alpha value is 3.04. The van der Waals surface area contributed by atoms with E-state index in [-0.39, 0.29) is 88.0 Å². The molecule has 0 unspecified atom stereocenters. The van der Waals surface area contributed by atoms with Crippen LogP contribution in [0.15, 0.2) is 0 Å². The van der Waals surface area contributed by atoms with Crippen molar-refractivity contribution in [3.05, 3.63) is 0 Å². The van der Waals surface area contributed by atoms with Crippen LogP contribution in [0.5, 0.6) is 0 Å². The molecule has 1 aliphatic rings. The van der Waals surface area contributed by atoms with Gasteiger partial charge in [0.2, 0.25) is 0 Å². The van der Waals surface area contributed by atoms with Gasteiger partial charge in [0.05, 0.1) is 12.6 Å². The Bertz CT molecular complexity index is 911. The minimum Gasteiger partial charge on any atom is -0.756 e. The quantitative estimate of drug-likeness (QED) is 0.126. The summed E-state index contributed by atoms with van der Waals surface area (Å²) < 4.78 is 83.4. The number of aliphatic hydroxyl groups excluding tert-OH is 5. The molecule has 0 aliphatic carbocycles. The van der Waals surface area contributed by atoms with Crippen LogP contribution in [0.1, 0.15) is 0 Å². The molecule has 35 heteroatoms. The summed E-state index contributed by atoms with van der Waals surface area (Å²) in [6.07, 6.45) is -8.08. The summed E-state index contributed by atoms with van der Waals surface area (Å²) in [5.41, 5.74) is 0. The monoisotopic (exact) mass is 884 g/mol. The first-order chi connectivity index (χ1) is 16.2. The fraction of sp³-hybridized carbons (Fsp3) is 0.833. The first-order valence-corrected chi connectivity index (χ1v) is 16.6. The number of hydrogen-bond donors (Lipinski definition) is 5. The van der Waals surface area contributed by atoms with E-state index in [4.69, 9.17) is 25.5 Å². The maximum absolute atomic E-state index is 11.0. The molecule has 0 spiro atoms. The van der Waals surface area contributed by atoms with Gasteiger partial charge in [0, 0.05) is 0 Å². The molecule has 0 saturated carbocycles. The van der Waals surface area contributed by atoms with Crippen LogP contribution in [0.25, 0.3) is 0 Å². The molecule has 222 valence electrons. The van der Waals surface area contributed by atoms with E-state index < -0.39 is 83.9 Å². The van der Waals surface area contributed by atoms with Crippen LogP contribution in [0.2, 0.25) is 0 Å². The third kappa shape index (κ3) is 22.3. The number of carboxylic acids is 1. The predicted octanol–water partition coefficient (Wildman–Crippen LogP) is -10.9. The van der Waals surface area contributed by atoms with Gasteiger partial charge in [0.25, 0.3) is 46.9 Å². The molecule has 5 N–H and O–H groups in total. The van der Waals surface area contributed by atoms with Gasteiger partial charge in [-0.1, -0.05) is 0 Å². The van der Waals surface area contributed by atoms with Crippen molar-refractivity contribution in [1.82, 2.24) is 0 Å². The molecular formula is C6H11NaO25P6Zn3. The second-order valence-corrected chi connectivity index (χ2v) is 15.0. The number of carbonyl (C=O) groups excluding carboxylic acids is 1. The Morgan fingerprint density at radius 1 is 0.561 bits per heavy atom. The molecule has 1 aliphatic heterocycles. The standard InChI is InChI=1S/C6H12O7.Na.H6O18P6.3Zn/c7-1-2(8)3(9)4(10)5(11)6(12)13;;1-19(2)13-20(3,4)15-22(7,8)17-24(11,12)18-23(9,10)16-21(5,6)14-19;;;/h2-5,7-11H,1H2,(H,12,13);;(H,1,2)(H,3,4)(H,5,6)(H,7,8)(H,9,10)(H,11,12);;;/q;+1;;3*+2/p-7/t2-,3-,4+,5-;;;;;/m1...../s1. The van der Waals surface area contributed by atoms with Gasteiger partial charge in [-0.2, -0.15) is 0 Å². The number of aliphatic carboxylic acids is 1. The van der Waals surface area contributed by atoms with Crippen LogP contribution in [0, 0.1) is 0 Å². The SMILES string of the molecule is O=C([O-])[C@H](O)[C@@H](O)[C@H](O)[C@H](O)CO.O=P1([O-])OP(=O)([O-])OP(=O)([O-])OP(=O)([O-])OP(=O)([O-])OP(=O)([O-])O1.[Na+].[Zn+2].[Zn+2].[Zn+2]. The fourth-order valence-corrected chi connectivity index (χ4v) is 9.69. The maximum atomic E-state index is 11.0. The van der Waals surface area contributed by atoms with Crippen LogP contribution in [0.3, 0.4) is 0 Å². The second-order valence-electron chi connectivity index (χ2n) is 5.67. The molecule has 25 nitrogen and oxygen atoms in total. The smallest absolute Gasteiger partial charge is 0.756 e. The molecule has 1 saturated heterocycles. The van der Waals surface area contributed by atoms with Gasteiger partial charge >= 0.3 is 88.0 Å². The Kier molecular flexibility index (Phi) is 26.7. The van der Waals surface area contributed by atoms with Crippen molar-refractivity contribution >= 4 is 52.9 Å². The number of hydrogen-bond acceptors (Lipinski definition) is 25. The van der Waals surface area contributed by atoms with Crippen molar-refractivity contribution in [3.63, 3.8) is 0 Å². The fourth-order valence-electron chi connectivity index (χ4n) is 1.49. The molecule has 1 fully saturated rings. The van der Waals surface area contributed by atoms with E-state index in [0.717, 1.165) is 0 Å². The summed E-state index contributed by atoms with van der Waals surface area (Å²) in [4.78, 5) is 75.8. The number of carbonyl (C=O) groups is 1. The minimum absolute atomic E-state index is 0. The Morgan fingerprint density at radius 3 is 0.902 bits per heavy atom. The first-order valence-electron chi connectivity index (χ1n) is 7.84. The van der Waals surface area contributed by atoms with Crippen molar-refractivity contribution in [3.8, 4) is 0 Å². The minimum atomic E-state index is -6.56. The van der Waals surface area contributed by atoms with Crippen molar-refractivity contribution < 1.29 is 206 Å². The number of aliphatic hydroxyl groups is 5. The van der Waals surface area contributed by atoms with E-state index in [1.807, 2.05) is 0 Å². The molecule has 1 heterocycles. The van der Waals surface area contributed by atoms with Crippen LogP contribution in [-0.2, 0) is 116 Å². The van der Waals surface area contributed by atoms with E-state index >= 15 is 0 Å². The average Bonchev–Trinajstić information content (AvgIpc) is 2.58. The normalized spacial score (nSPS) is 38.8. The van der Waals surface area contributed by atoms with E-state index in [2.05, 4.69) is 25.9 Å². The van der Waals surface area contributed by atoms with Gasteiger partial charge < -0.3 is 64.8 Å². The third-order valence-corrected chi connectivity index (χ3v) is 12.3. The summed E-state index contributed by atoms with van der Waals surface area (Å²) >= 11 is 0. The van der Waals surface area contributed by atoms with Crippen molar-refractivity contribution in [2.75, 3.05) is 6.61 Å². The zero-order valence-corrected chi connectivity index (χ0v) is 36.0. The summed E-state index contributed by atoms with van der Waals surface area (Å²) in [6.45, 7) is -0.863. The van der Waals surface area contributed by atoms with E-state index in [9.17, 15) is 66.7 Å². The van der Waals surface area contributed by atoms with Gasteiger partial charge in [-0.3, -0.25) is 27.4 Å². The van der Waals surface area contributed by atoms with Crippen LogP contribution >= 0.6 is 46.9 Å². The first kappa shape index (κ1) is 53.5. The molecule has 0 bridgehead atoms. The Labute approximate surface area is 287 Å². The zero-order chi connectivity index (χ0) is 29.8. The van der Waals surface area contributed by atoms with E-state index in [0.29, 0.717) is 0 Å². The number of phosphoric acid groups is 6. The number of carboxylic acid groups (broad SMARTS) is 1. The van der Waals surface area contributed by atoms with Crippen LogP contribution in [0.4, 0.5) is 0 Å². The summed E-state index contributed by atoms with van der Waals surface area (Å²) in [5.74, 6) is -1.98. The summed E-state index contributed by atoms with van der Waals surface area (Å²) in [5, 5.41) is 53.4. The van der Waals surface area contributed by atoms with E-state index in [1.165, 1.54) is 0 Å². The van der Waals surface area contributed by atoms with Gasteiger partial charge in [-0.25, -0.2) is 25.9 Å². The largest absolute Gasteiger partial charge is 2.00 e. The second kappa shape index (κ2) is 20.4.